The van der Waals surface area contributed by atoms with Crippen LogP contribution >= 0.6 is 11.6 Å². The number of carbonyl (C=O) groups excluding carboxylic acids is 1. The van der Waals surface area contributed by atoms with Crippen LogP contribution < -0.4 is 4.90 Å². The predicted octanol–water partition coefficient (Wildman–Crippen LogP) is 2.28. The Morgan fingerprint density at radius 3 is 2.52 bits per heavy atom. The van der Waals surface area contributed by atoms with E-state index in [1.54, 1.807) is 0 Å². The summed E-state index contributed by atoms with van der Waals surface area (Å²) >= 11 is 6.07. The molecule has 1 aromatic rings. The number of rotatable bonds is 2. The number of halogens is 1. The van der Waals surface area contributed by atoms with E-state index in [0.717, 1.165) is 44.0 Å². The van der Waals surface area contributed by atoms with Gasteiger partial charge in [0.05, 0.1) is 26.2 Å². The molecule has 1 heterocycles. The molecule has 114 valence electrons. The second kappa shape index (κ2) is 6.80. The molecule has 1 aromatic carbocycles. The van der Waals surface area contributed by atoms with Crippen LogP contribution in [0.2, 0.25) is 5.02 Å². The lowest BCUT2D eigenvalue weighted by atomic mass is 9.88. The van der Waals surface area contributed by atoms with E-state index in [0.29, 0.717) is 11.8 Å². The van der Waals surface area contributed by atoms with Crippen molar-refractivity contribution in [3.8, 4) is 0 Å². The van der Waals surface area contributed by atoms with Gasteiger partial charge >= 0.3 is 0 Å². The van der Waals surface area contributed by atoms with Crippen LogP contribution in [0, 0.1) is 5.92 Å². The van der Waals surface area contributed by atoms with Gasteiger partial charge in [-0.1, -0.05) is 36.9 Å². The molecule has 2 fully saturated rings. The molecule has 3 rings (SSSR count). The van der Waals surface area contributed by atoms with E-state index in [-0.39, 0.29) is 0 Å². The summed E-state index contributed by atoms with van der Waals surface area (Å²) < 4.78 is 0. The highest BCUT2D eigenvalue weighted by Gasteiger charge is 2.30. The Hall–Kier alpha value is -1.06. The highest BCUT2D eigenvalue weighted by molar-refractivity contribution is 6.30. The molecule has 0 radical (unpaired) electrons. The molecule has 0 bridgehead atoms. The fourth-order valence-electron chi connectivity index (χ4n) is 3.60. The van der Waals surface area contributed by atoms with Crippen molar-refractivity contribution in [1.82, 2.24) is 4.90 Å². The molecule has 0 atom stereocenters. The molecule has 0 unspecified atom stereocenters. The van der Waals surface area contributed by atoms with Gasteiger partial charge in [0.2, 0.25) is 5.91 Å². The Bertz CT molecular complexity index is 491. The zero-order chi connectivity index (χ0) is 14.7. The molecule has 21 heavy (non-hydrogen) atoms. The summed E-state index contributed by atoms with van der Waals surface area (Å²) in [7, 11) is 0. The highest BCUT2D eigenvalue weighted by Crippen LogP contribution is 2.25. The molecule has 0 aromatic heterocycles. The van der Waals surface area contributed by atoms with Crippen molar-refractivity contribution in [3.63, 3.8) is 0 Å². The summed E-state index contributed by atoms with van der Waals surface area (Å²) in [4.78, 5) is 16.1. The van der Waals surface area contributed by atoms with Crippen molar-refractivity contribution in [3.05, 3.63) is 29.3 Å². The van der Waals surface area contributed by atoms with Crippen LogP contribution in [0.3, 0.4) is 0 Å². The van der Waals surface area contributed by atoms with Crippen LogP contribution in [0.4, 0.5) is 5.69 Å². The summed E-state index contributed by atoms with van der Waals surface area (Å²) in [5.41, 5.74) is 1.24. The number of carbonyl (C=O) groups is 1. The number of hydrogen-bond donors (Lipinski definition) is 1. The van der Waals surface area contributed by atoms with Crippen molar-refractivity contribution >= 4 is 23.2 Å². The standard InChI is InChI=1S/C17H23ClN2O/c18-15-7-4-8-16(13-15)19-9-11-20(12-10-19)17(21)14-5-2-1-3-6-14/h4,7-8,13-14H,1-3,5-6,9-12H2/p+1. The third kappa shape index (κ3) is 3.58. The molecule has 1 aliphatic heterocycles. The van der Waals surface area contributed by atoms with Crippen molar-refractivity contribution in [2.45, 2.75) is 32.1 Å². The van der Waals surface area contributed by atoms with E-state index in [2.05, 4.69) is 11.0 Å². The summed E-state index contributed by atoms with van der Waals surface area (Å²) in [6, 6.07) is 8.08. The topological polar surface area (TPSA) is 24.8 Å². The lowest BCUT2D eigenvalue weighted by Gasteiger charge is -2.35. The van der Waals surface area contributed by atoms with Crippen LogP contribution in [-0.4, -0.2) is 37.0 Å². The largest absolute Gasteiger partial charge is 0.331 e. The first kappa shape index (κ1) is 14.9. The first-order chi connectivity index (χ1) is 10.2. The Labute approximate surface area is 131 Å². The quantitative estimate of drug-likeness (QED) is 0.891. The van der Waals surface area contributed by atoms with Gasteiger partial charge in [0, 0.05) is 17.0 Å². The van der Waals surface area contributed by atoms with Crippen LogP contribution in [0.1, 0.15) is 32.1 Å². The molecule has 1 aliphatic carbocycles. The normalized spacial score (nSPS) is 21.5. The van der Waals surface area contributed by atoms with Gasteiger partial charge in [0.25, 0.3) is 0 Å². The third-order valence-electron chi connectivity index (χ3n) is 4.87. The molecule has 0 spiro atoms. The van der Waals surface area contributed by atoms with Gasteiger partial charge in [0.15, 0.2) is 0 Å². The van der Waals surface area contributed by atoms with Crippen LogP contribution in [-0.2, 0) is 4.79 Å². The Morgan fingerprint density at radius 2 is 1.86 bits per heavy atom. The Balaban J connectivity index is 1.56. The maximum atomic E-state index is 12.5. The van der Waals surface area contributed by atoms with Gasteiger partial charge < -0.3 is 4.90 Å². The second-order valence-electron chi connectivity index (χ2n) is 6.27. The fourth-order valence-corrected chi connectivity index (χ4v) is 3.79. The number of benzene rings is 1. The van der Waals surface area contributed by atoms with E-state index in [1.807, 2.05) is 18.2 Å². The third-order valence-corrected chi connectivity index (χ3v) is 5.10. The molecule has 2 aliphatic rings. The average Bonchev–Trinajstić information content (AvgIpc) is 2.55. The molecular formula is C17H24ClN2O+. The van der Waals surface area contributed by atoms with Gasteiger partial charge in [0.1, 0.15) is 5.69 Å². The van der Waals surface area contributed by atoms with Crippen LogP contribution in [0.5, 0.6) is 0 Å². The van der Waals surface area contributed by atoms with Crippen molar-refractivity contribution in [2.24, 2.45) is 5.92 Å². The van der Waals surface area contributed by atoms with Crippen molar-refractivity contribution < 1.29 is 9.69 Å². The number of piperazine rings is 1. The van der Waals surface area contributed by atoms with E-state index in [9.17, 15) is 4.79 Å². The molecule has 1 amide bonds. The number of nitrogens with zero attached hydrogens (tertiary/aromatic N) is 1. The summed E-state index contributed by atoms with van der Waals surface area (Å²) in [5, 5.41) is 0.792. The monoisotopic (exact) mass is 307 g/mol. The van der Waals surface area contributed by atoms with Gasteiger partial charge in [-0.05, 0) is 25.0 Å². The van der Waals surface area contributed by atoms with Crippen LogP contribution in [0.15, 0.2) is 24.3 Å². The Kier molecular flexibility index (Phi) is 4.81. The van der Waals surface area contributed by atoms with Crippen molar-refractivity contribution in [2.75, 3.05) is 26.2 Å². The van der Waals surface area contributed by atoms with E-state index >= 15 is 0 Å². The smallest absolute Gasteiger partial charge is 0.226 e. The first-order valence-corrected chi connectivity index (χ1v) is 8.51. The minimum absolute atomic E-state index is 0.298. The SMILES string of the molecule is O=C(C1CCCCC1)N1CC[NH+](c2cccc(Cl)c2)CC1. The summed E-state index contributed by atoms with van der Waals surface area (Å²) in [6.07, 6.45) is 5.95. The van der Waals surface area contributed by atoms with E-state index in [1.165, 1.54) is 29.8 Å². The first-order valence-electron chi connectivity index (χ1n) is 8.13. The fraction of sp³-hybridized carbons (Fsp3) is 0.588. The maximum Gasteiger partial charge on any atom is 0.226 e. The molecule has 1 N–H and O–H groups in total. The second-order valence-corrected chi connectivity index (χ2v) is 6.71. The predicted molar refractivity (Wildman–Crippen MR) is 85.0 cm³/mol. The lowest BCUT2D eigenvalue weighted by Crippen LogP contribution is -3.10. The minimum Gasteiger partial charge on any atom is -0.331 e. The number of quaternary nitrogens is 1. The summed E-state index contributed by atoms with van der Waals surface area (Å²) in [5.74, 6) is 0.700. The molecule has 1 saturated carbocycles. The molecular weight excluding hydrogens is 284 g/mol. The minimum atomic E-state index is 0.298. The molecule has 4 heteroatoms. The summed E-state index contributed by atoms with van der Waals surface area (Å²) in [6.45, 7) is 3.71. The maximum absolute atomic E-state index is 12.5. The number of amides is 1. The number of hydrogen-bond acceptors (Lipinski definition) is 1. The van der Waals surface area contributed by atoms with Gasteiger partial charge in [-0.2, -0.15) is 0 Å². The molecule has 3 nitrogen and oxygen atoms in total. The van der Waals surface area contributed by atoms with Crippen LogP contribution in [0.25, 0.3) is 0 Å². The van der Waals surface area contributed by atoms with E-state index < -0.39 is 0 Å². The van der Waals surface area contributed by atoms with Crippen molar-refractivity contribution in [1.29, 1.82) is 0 Å². The van der Waals surface area contributed by atoms with Gasteiger partial charge in [-0.25, -0.2) is 0 Å². The average molecular weight is 308 g/mol. The zero-order valence-electron chi connectivity index (χ0n) is 12.5. The van der Waals surface area contributed by atoms with Gasteiger partial charge in [-0.15, -0.1) is 0 Å². The van der Waals surface area contributed by atoms with E-state index in [4.69, 9.17) is 11.6 Å². The zero-order valence-corrected chi connectivity index (χ0v) is 13.2. The van der Waals surface area contributed by atoms with Gasteiger partial charge in [-0.3, -0.25) is 9.69 Å². The lowest BCUT2D eigenvalue weighted by molar-refractivity contribution is -0.837. The number of nitrogens with one attached hydrogen (secondary N) is 1. The molecule has 1 saturated heterocycles. The highest BCUT2D eigenvalue weighted by atomic mass is 35.5. The Morgan fingerprint density at radius 1 is 1.14 bits per heavy atom.